The van der Waals surface area contributed by atoms with E-state index in [-0.39, 0.29) is 53.6 Å². The lowest BCUT2D eigenvalue weighted by Gasteiger charge is -1.00. The molecule has 0 fully saturated rings. The van der Waals surface area contributed by atoms with Crippen LogP contribution in [0.5, 0.6) is 0 Å². The van der Waals surface area contributed by atoms with Crippen molar-refractivity contribution in [1.82, 2.24) is 0 Å². The summed E-state index contributed by atoms with van der Waals surface area (Å²) in [6.45, 7) is 0. The normalized spacial score (nSPS) is 0. The Morgan fingerprint density at radius 1 is 0.333 bits per heavy atom. The summed E-state index contributed by atoms with van der Waals surface area (Å²) in [7, 11) is 0. The molecule has 0 atom stereocenters. The molecule has 6 heteroatoms. The fraction of sp³-hybridized carbons (Fsp3) is 0. The Kier molecular flexibility index (Phi) is 15300. The Hall–Kier alpha value is 0.750. The van der Waals surface area contributed by atoms with Gasteiger partial charge in [0.25, 0.3) is 0 Å². The number of hydrogen-bond donors (Lipinski definition) is 0. The van der Waals surface area contributed by atoms with Gasteiger partial charge in [-0.25, -0.2) is 0 Å². The lowest BCUT2D eigenvalue weighted by atomic mass is 16.0. The molecule has 0 aromatic rings. The molecule has 0 saturated carbocycles. The Morgan fingerprint density at radius 2 is 0.333 bits per heavy atom. The molecule has 0 radical (unpaired) electrons. The van der Waals surface area contributed by atoms with E-state index in [4.69, 9.17) is 0 Å². The zero-order chi connectivity index (χ0) is 0. The van der Waals surface area contributed by atoms with E-state index in [1.807, 2.05) is 0 Å². The summed E-state index contributed by atoms with van der Waals surface area (Å²) in [5, 5.41) is 0. The third-order valence-corrected chi connectivity index (χ3v) is 0. The van der Waals surface area contributed by atoms with Crippen LogP contribution in [-0.2, 0) is 0 Å². The maximum absolute atomic E-state index is 0. The molecular weight excluding hydrogens is 154 g/mol. The van der Waals surface area contributed by atoms with Gasteiger partial charge in [-0.2, -0.15) is 0 Å². The molecule has 0 amide bonds. The Morgan fingerprint density at radius 3 is 0.333 bits per heavy atom. The molecule has 0 aliphatic heterocycles. The second-order valence-electron chi connectivity index (χ2n) is 0. The summed E-state index contributed by atoms with van der Waals surface area (Å²) < 4.78 is 0. The van der Waals surface area contributed by atoms with Crippen LogP contribution in [0.4, 0.5) is 0 Å². The van der Waals surface area contributed by atoms with Crippen molar-refractivity contribution in [3.05, 3.63) is 0 Å². The van der Waals surface area contributed by atoms with E-state index in [0.717, 1.165) is 0 Å². The third-order valence-electron chi connectivity index (χ3n) is 0. The molecule has 0 rings (SSSR count). The zero-order valence-electron chi connectivity index (χ0n) is 2.63. The van der Waals surface area contributed by atoms with Gasteiger partial charge in [0.15, 0.2) is 0 Å². The van der Waals surface area contributed by atoms with Gasteiger partial charge in [-0.1, -0.05) is 0 Å². The van der Waals surface area contributed by atoms with Crippen molar-refractivity contribution in [2.75, 3.05) is 0 Å². The average Bonchev–Trinajstić information content (AvgIpc) is 0. The van der Waals surface area contributed by atoms with E-state index in [9.17, 15) is 0 Å². The molecule has 0 heterocycles. The molecule has 6 heavy (non-hydrogen) atoms. The van der Waals surface area contributed by atoms with Crippen LogP contribution in [0.1, 0.15) is 0 Å². The van der Waals surface area contributed by atoms with Crippen LogP contribution in [0, 0.1) is 0 Å². The molecule has 0 unspecified atom stereocenters. The summed E-state index contributed by atoms with van der Waals surface area (Å²) in [4.78, 5) is 0. The van der Waals surface area contributed by atoms with E-state index >= 15 is 0 Å². The number of hydrogen-bond acceptors (Lipinski definition) is 0. The quantitative estimate of drug-likeness (QED) is 0.336. The molecule has 0 aliphatic rings. The summed E-state index contributed by atoms with van der Waals surface area (Å²) >= 11 is 0. The summed E-state index contributed by atoms with van der Waals surface area (Å²) in [5.41, 5.74) is 0. The van der Waals surface area contributed by atoms with Crippen molar-refractivity contribution in [3.8, 4) is 0 Å². The zero-order valence-corrected chi connectivity index (χ0v) is 4.90. The smallest absolute Gasteiger partial charge is 0.412 e. The lowest BCUT2D eigenvalue weighted by molar-refractivity contribution is -0.00100. The maximum atomic E-state index is 0. The van der Waals surface area contributed by atoms with Gasteiger partial charge in [-0.15, -0.1) is 0 Å². The standard InChI is InChI=1S/3ClH.3H2O/h3*1H;3*1H2/p-3. The molecule has 0 bridgehead atoms. The second-order valence-corrected chi connectivity index (χ2v) is 0. The first kappa shape index (κ1) is 397. The van der Waals surface area contributed by atoms with Crippen molar-refractivity contribution in [2.24, 2.45) is 0 Å². The monoisotopic (exact) mass is 159 g/mol. The van der Waals surface area contributed by atoms with E-state index < -0.39 is 0 Å². The molecule has 6 N–H and O–H groups in total. The Labute approximate surface area is 54.3 Å². The number of halogens is 3. The molecule has 3 nitrogen and oxygen atoms in total. The van der Waals surface area contributed by atoms with Gasteiger partial charge in [-0.05, 0) is 0 Å². The van der Waals surface area contributed by atoms with Gasteiger partial charge in [0.05, 0.1) is 0 Å². The first-order chi connectivity index (χ1) is 0. The van der Waals surface area contributed by atoms with Crippen molar-refractivity contribution < 1.29 is 53.6 Å². The fourth-order valence-corrected chi connectivity index (χ4v) is 0. The summed E-state index contributed by atoms with van der Waals surface area (Å²) in [6.07, 6.45) is 0. The van der Waals surface area contributed by atoms with Crippen LogP contribution in [0.25, 0.3) is 0 Å². The molecule has 0 aliphatic carbocycles. The van der Waals surface area contributed by atoms with Crippen molar-refractivity contribution in [3.63, 3.8) is 0 Å². The third kappa shape index (κ3) is 119. The van der Waals surface area contributed by atoms with Crippen LogP contribution in [-0.4, -0.2) is 16.4 Å². The predicted molar refractivity (Wildman–Crippen MR) is 10.8 cm³/mol. The van der Waals surface area contributed by atoms with Crippen LogP contribution >= 0.6 is 0 Å². The summed E-state index contributed by atoms with van der Waals surface area (Å²) in [5.74, 6) is 0. The Bertz CT molecular complexity index is 6.00. The van der Waals surface area contributed by atoms with Gasteiger partial charge in [-0.3, -0.25) is 0 Å². The predicted octanol–water partition coefficient (Wildman–Crippen LogP) is -11.5. The fourth-order valence-electron chi connectivity index (χ4n) is 0. The van der Waals surface area contributed by atoms with E-state index in [1.54, 1.807) is 0 Å². The number of rotatable bonds is 0. The van der Waals surface area contributed by atoms with E-state index in [1.165, 1.54) is 0 Å². The van der Waals surface area contributed by atoms with Crippen LogP contribution in [0.15, 0.2) is 0 Å². The minimum absolute atomic E-state index is 0. The second kappa shape index (κ2) is 231. The molecule has 0 saturated heterocycles. The first-order valence-corrected chi connectivity index (χ1v) is 0. The van der Waals surface area contributed by atoms with E-state index in [0.29, 0.717) is 0 Å². The maximum Gasteiger partial charge on any atom is -0.412 e. The van der Waals surface area contributed by atoms with Crippen LogP contribution < -0.4 is 37.2 Å². The molecule has 0 spiro atoms. The highest BCUT2D eigenvalue weighted by Crippen LogP contribution is -0.287. The van der Waals surface area contributed by atoms with Crippen molar-refractivity contribution >= 4 is 0 Å². The van der Waals surface area contributed by atoms with Gasteiger partial charge in [0, 0.05) is 0 Å². The van der Waals surface area contributed by atoms with Gasteiger partial charge in [0.1, 0.15) is 0 Å². The van der Waals surface area contributed by atoms with Crippen molar-refractivity contribution in [1.29, 1.82) is 0 Å². The van der Waals surface area contributed by atoms with Crippen LogP contribution in [0.3, 0.4) is 0 Å². The summed E-state index contributed by atoms with van der Waals surface area (Å²) in [6, 6.07) is 0. The SMILES string of the molecule is O.O.O.[Cl-].[Cl-].[Cl-]. The lowest BCUT2D eigenvalue weighted by Crippen LogP contribution is -3.00. The highest BCUT2D eigenvalue weighted by molar-refractivity contribution is 0.826. The minimum Gasteiger partial charge on any atom is -1.00 e. The molecule has 48 valence electrons. The molecule has 0 aromatic heterocycles. The van der Waals surface area contributed by atoms with Gasteiger partial charge < -0.3 is 53.6 Å². The van der Waals surface area contributed by atoms with E-state index in [2.05, 4.69) is 0 Å². The van der Waals surface area contributed by atoms with Crippen molar-refractivity contribution in [2.45, 2.75) is 0 Å². The highest BCUT2D eigenvalue weighted by atomic mass is 35.5. The van der Waals surface area contributed by atoms with Crippen LogP contribution in [0.2, 0.25) is 0 Å². The highest BCUT2D eigenvalue weighted by Gasteiger charge is -0.409. The van der Waals surface area contributed by atoms with Gasteiger partial charge >= 0.3 is 0 Å². The average molecular weight is 160 g/mol. The largest absolute Gasteiger partial charge is 1.00 e. The Balaban J connectivity index is 0. The first-order valence-electron chi connectivity index (χ1n) is 0. The minimum atomic E-state index is 0. The van der Waals surface area contributed by atoms with Gasteiger partial charge in [0.2, 0.25) is 0 Å². The molecule has 0 aromatic carbocycles. The topological polar surface area (TPSA) is 94.5 Å². The molecular formula is H6Cl3O3-3.